The van der Waals surface area contributed by atoms with Crippen molar-refractivity contribution < 1.29 is 9.37 Å². The zero-order chi connectivity index (χ0) is 8.27. The number of nitrogens with two attached hydrogens (primary N) is 1. The highest BCUT2D eigenvalue weighted by Crippen LogP contribution is 2.09. The van der Waals surface area contributed by atoms with Crippen LogP contribution in [0.5, 0.6) is 5.88 Å². The van der Waals surface area contributed by atoms with Gasteiger partial charge in [-0.15, -0.1) is 0 Å². The summed E-state index contributed by atoms with van der Waals surface area (Å²) in [7, 11) is 0. The first-order valence-electron chi connectivity index (χ1n) is 3.37. The Balaban J connectivity index is 2.44. The number of nitrogens with zero attached hydrogens (tertiary/aromatic N) is 2. The molecule has 0 saturated heterocycles. The Labute approximate surface area is 64.5 Å². The van der Waals surface area contributed by atoms with Crippen LogP contribution in [0.3, 0.4) is 0 Å². The lowest BCUT2D eigenvalue weighted by Crippen LogP contribution is -2.23. The van der Waals surface area contributed by atoms with Gasteiger partial charge in [0.2, 0.25) is 0 Å². The van der Waals surface area contributed by atoms with E-state index in [1.807, 2.05) is 6.92 Å². The summed E-state index contributed by atoms with van der Waals surface area (Å²) >= 11 is 0. The number of hydrogen-bond donors (Lipinski definition) is 1. The van der Waals surface area contributed by atoms with Crippen LogP contribution in [0.1, 0.15) is 12.6 Å². The summed E-state index contributed by atoms with van der Waals surface area (Å²) in [5.41, 5.74) is 6.10. The van der Waals surface area contributed by atoms with Crippen LogP contribution in [-0.4, -0.2) is 23.0 Å². The first-order chi connectivity index (χ1) is 5.20. The highest BCUT2D eigenvalue weighted by molar-refractivity contribution is 5.11. The van der Waals surface area contributed by atoms with E-state index in [0.717, 1.165) is 0 Å². The van der Waals surface area contributed by atoms with E-state index in [4.69, 9.17) is 10.5 Å². The maximum absolute atomic E-state index is 5.46. The van der Waals surface area contributed by atoms with Crippen LogP contribution in [0, 0.1) is 6.92 Å². The Morgan fingerprint density at radius 3 is 2.82 bits per heavy atom. The van der Waals surface area contributed by atoms with Crippen molar-refractivity contribution in [1.29, 1.82) is 0 Å². The number of aromatic nitrogens is 2. The van der Waals surface area contributed by atoms with Crippen molar-refractivity contribution in [2.24, 2.45) is 5.73 Å². The third-order valence-corrected chi connectivity index (χ3v) is 1.09. The maximum atomic E-state index is 5.46. The molecule has 0 spiro atoms. The molecule has 11 heavy (non-hydrogen) atoms. The summed E-state index contributed by atoms with van der Waals surface area (Å²) in [6.45, 7) is 4.03. The van der Waals surface area contributed by atoms with Gasteiger partial charge in [-0.1, -0.05) is 5.16 Å². The third-order valence-electron chi connectivity index (χ3n) is 1.09. The Morgan fingerprint density at radius 2 is 2.36 bits per heavy atom. The number of hydrogen-bond acceptors (Lipinski definition) is 5. The molecule has 1 heterocycles. The summed E-state index contributed by atoms with van der Waals surface area (Å²) in [5, 5.41) is 7.07. The van der Waals surface area contributed by atoms with Crippen molar-refractivity contribution in [3.05, 3.63) is 5.69 Å². The number of ether oxygens (including phenoxy) is 1. The monoisotopic (exact) mass is 157 g/mol. The van der Waals surface area contributed by atoms with Gasteiger partial charge < -0.3 is 10.5 Å². The van der Waals surface area contributed by atoms with E-state index in [1.54, 1.807) is 6.92 Å². The Morgan fingerprint density at radius 1 is 1.64 bits per heavy atom. The minimum absolute atomic E-state index is 0.00824. The fourth-order valence-electron chi connectivity index (χ4n) is 0.565. The molecule has 0 radical (unpaired) electrons. The van der Waals surface area contributed by atoms with Gasteiger partial charge in [-0.05, 0) is 19.0 Å². The molecule has 62 valence electrons. The van der Waals surface area contributed by atoms with Gasteiger partial charge in [0.25, 0.3) is 5.88 Å². The van der Waals surface area contributed by atoms with Crippen LogP contribution in [0.2, 0.25) is 0 Å². The number of rotatable bonds is 3. The van der Waals surface area contributed by atoms with Crippen LogP contribution >= 0.6 is 0 Å². The summed E-state index contributed by atoms with van der Waals surface area (Å²) in [6.07, 6.45) is 0. The van der Waals surface area contributed by atoms with Gasteiger partial charge in [-0.3, -0.25) is 0 Å². The van der Waals surface area contributed by atoms with Gasteiger partial charge in [-0.2, -0.15) is 0 Å². The molecular formula is C6H11N3O2. The SMILES string of the molecule is Cc1nonc1OC[C@@H](C)N. The fourth-order valence-corrected chi connectivity index (χ4v) is 0.565. The molecule has 0 aliphatic heterocycles. The molecule has 0 aliphatic carbocycles. The Hall–Kier alpha value is -1.10. The summed E-state index contributed by atoms with van der Waals surface area (Å²) in [4.78, 5) is 0. The average Bonchev–Trinajstić information content (AvgIpc) is 2.31. The zero-order valence-electron chi connectivity index (χ0n) is 6.57. The molecule has 0 bridgehead atoms. The van der Waals surface area contributed by atoms with E-state index in [2.05, 4.69) is 14.9 Å². The molecule has 1 atom stereocenters. The molecular weight excluding hydrogens is 146 g/mol. The molecule has 0 fully saturated rings. The van der Waals surface area contributed by atoms with E-state index in [0.29, 0.717) is 18.2 Å². The van der Waals surface area contributed by atoms with Gasteiger partial charge in [0.1, 0.15) is 12.3 Å². The second-order valence-corrected chi connectivity index (χ2v) is 2.44. The van der Waals surface area contributed by atoms with Gasteiger partial charge in [0.05, 0.1) is 0 Å². The summed E-state index contributed by atoms with van der Waals surface area (Å²) < 4.78 is 9.56. The largest absolute Gasteiger partial charge is 0.473 e. The van der Waals surface area contributed by atoms with Crippen LogP contribution in [0.25, 0.3) is 0 Å². The Kier molecular flexibility index (Phi) is 2.43. The van der Waals surface area contributed by atoms with Crippen molar-refractivity contribution in [3.8, 4) is 5.88 Å². The lowest BCUT2D eigenvalue weighted by molar-refractivity contribution is 0.246. The van der Waals surface area contributed by atoms with Gasteiger partial charge >= 0.3 is 0 Å². The quantitative estimate of drug-likeness (QED) is 0.673. The second kappa shape index (κ2) is 3.34. The Bertz CT molecular complexity index is 221. The molecule has 5 nitrogen and oxygen atoms in total. The predicted molar refractivity (Wildman–Crippen MR) is 38.2 cm³/mol. The minimum Gasteiger partial charge on any atom is -0.473 e. The van der Waals surface area contributed by atoms with Crippen LogP contribution < -0.4 is 10.5 Å². The summed E-state index contributed by atoms with van der Waals surface area (Å²) in [6, 6.07) is -0.00824. The standard InChI is InChI=1S/C6H11N3O2/c1-4(7)3-10-6-5(2)8-11-9-6/h4H,3,7H2,1-2H3/t4-/m1/s1. The average molecular weight is 157 g/mol. The second-order valence-electron chi connectivity index (χ2n) is 2.44. The molecule has 5 heteroatoms. The van der Waals surface area contributed by atoms with Crippen molar-refractivity contribution in [1.82, 2.24) is 10.3 Å². The molecule has 1 aromatic heterocycles. The van der Waals surface area contributed by atoms with E-state index < -0.39 is 0 Å². The lowest BCUT2D eigenvalue weighted by atomic mass is 10.4. The van der Waals surface area contributed by atoms with Crippen LogP contribution in [0.15, 0.2) is 4.63 Å². The smallest absolute Gasteiger partial charge is 0.278 e. The van der Waals surface area contributed by atoms with Gasteiger partial charge in [-0.25, -0.2) is 4.63 Å². The van der Waals surface area contributed by atoms with E-state index >= 15 is 0 Å². The first-order valence-corrected chi connectivity index (χ1v) is 3.37. The van der Waals surface area contributed by atoms with E-state index in [1.165, 1.54) is 0 Å². The van der Waals surface area contributed by atoms with Gasteiger partial charge in [0.15, 0.2) is 0 Å². The van der Waals surface area contributed by atoms with Crippen LogP contribution in [-0.2, 0) is 0 Å². The molecule has 1 aromatic rings. The van der Waals surface area contributed by atoms with E-state index in [-0.39, 0.29) is 6.04 Å². The highest BCUT2D eigenvalue weighted by Gasteiger charge is 2.05. The molecule has 0 saturated carbocycles. The highest BCUT2D eigenvalue weighted by atomic mass is 16.6. The topological polar surface area (TPSA) is 74.2 Å². The lowest BCUT2D eigenvalue weighted by Gasteiger charge is -2.04. The zero-order valence-corrected chi connectivity index (χ0v) is 6.57. The van der Waals surface area contributed by atoms with Crippen LogP contribution in [0.4, 0.5) is 0 Å². The van der Waals surface area contributed by atoms with Crippen molar-refractivity contribution in [3.63, 3.8) is 0 Å². The molecule has 0 aliphatic rings. The molecule has 1 rings (SSSR count). The third kappa shape index (κ3) is 2.19. The summed E-state index contributed by atoms with van der Waals surface area (Å²) in [5.74, 6) is 0.419. The van der Waals surface area contributed by atoms with Gasteiger partial charge in [0, 0.05) is 6.04 Å². The molecule has 0 unspecified atom stereocenters. The fraction of sp³-hybridized carbons (Fsp3) is 0.667. The molecule has 0 aromatic carbocycles. The van der Waals surface area contributed by atoms with Crippen molar-refractivity contribution >= 4 is 0 Å². The maximum Gasteiger partial charge on any atom is 0.278 e. The van der Waals surface area contributed by atoms with Crippen molar-refractivity contribution in [2.75, 3.05) is 6.61 Å². The predicted octanol–water partition coefficient (Wildman–Crippen LogP) is 0.104. The first kappa shape index (κ1) is 8.00. The van der Waals surface area contributed by atoms with Crippen molar-refractivity contribution in [2.45, 2.75) is 19.9 Å². The molecule has 0 amide bonds. The molecule has 2 N–H and O–H groups in total. The number of aryl methyl sites for hydroxylation is 1. The van der Waals surface area contributed by atoms with E-state index in [9.17, 15) is 0 Å². The minimum atomic E-state index is -0.00824. The normalized spacial score (nSPS) is 13.0.